The van der Waals surface area contributed by atoms with Gasteiger partial charge in [-0.1, -0.05) is 42.5 Å². The molecular weight excluding hydrogens is 403 g/mol. The van der Waals surface area contributed by atoms with Crippen LogP contribution in [0.1, 0.15) is 24.0 Å². The first-order chi connectivity index (χ1) is 14.9. The molecule has 1 fully saturated rings. The van der Waals surface area contributed by atoms with E-state index in [0.717, 1.165) is 5.56 Å². The fourth-order valence-corrected chi connectivity index (χ4v) is 3.53. The number of hydrogen-bond acceptors (Lipinski definition) is 4. The van der Waals surface area contributed by atoms with E-state index in [9.17, 15) is 18.8 Å². The molecule has 1 saturated heterocycles. The Balaban J connectivity index is 1.65. The maximum absolute atomic E-state index is 13.2. The van der Waals surface area contributed by atoms with Crippen molar-refractivity contribution in [3.05, 3.63) is 71.5 Å². The van der Waals surface area contributed by atoms with Crippen molar-refractivity contribution in [2.75, 3.05) is 13.1 Å². The first-order valence-electron chi connectivity index (χ1n) is 10.2. The second-order valence-corrected chi connectivity index (χ2v) is 7.53. The van der Waals surface area contributed by atoms with Gasteiger partial charge in [-0.2, -0.15) is 0 Å². The second-order valence-electron chi connectivity index (χ2n) is 7.53. The van der Waals surface area contributed by atoms with Gasteiger partial charge >= 0.3 is 12.1 Å². The lowest BCUT2D eigenvalue weighted by Crippen LogP contribution is -2.52. The van der Waals surface area contributed by atoms with Gasteiger partial charge in [-0.15, -0.1) is 0 Å². The Kier molecular flexibility index (Phi) is 7.59. The van der Waals surface area contributed by atoms with E-state index in [1.165, 1.54) is 12.1 Å². The molecule has 1 heterocycles. The van der Waals surface area contributed by atoms with E-state index in [1.54, 1.807) is 17.0 Å². The van der Waals surface area contributed by atoms with Crippen LogP contribution < -0.4 is 5.32 Å². The Morgan fingerprint density at radius 3 is 2.29 bits per heavy atom. The molecule has 0 radical (unpaired) electrons. The second kappa shape index (κ2) is 10.6. The van der Waals surface area contributed by atoms with Crippen LogP contribution in [0, 0.1) is 11.7 Å². The minimum Gasteiger partial charge on any atom is -0.481 e. The molecule has 2 amide bonds. The van der Waals surface area contributed by atoms with Crippen LogP contribution in [0.4, 0.5) is 9.18 Å². The van der Waals surface area contributed by atoms with Crippen LogP contribution in [0.2, 0.25) is 0 Å². The molecule has 7 nitrogen and oxygen atoms in total. The molecule has 3 rings (SSSR count). The molecule has 0 bridgehead atoms. The first-order valence-corrected chi connectivity index (χ1v) is 10.2. The van der Waals surface area contributed by atoms with E-state index in [0.29, 0.717) is 31.5 Å². The summed E-state index contributed by atoms with van der Waals surface area (Å²) in [5.74, 6) is -2.04. The predicted molar refractivity (Wildman–Crippen MR) is 111 cm³/mol. The normalized spacial score (nSPS) is 15.2. The third-order valence-electron chi connectivity index (χ3n) is 5.31. The minimum absolute atomic E-state index is 0.0636. The fraction of sp³-hybridized carbons (Fsp3) is 0.348. The number of ether oxygens (including phenoxy) is 1. The van der Waals surface area contributed by atoms with Gasteiger partial charge < -0.3 is 20.1 Å². The third-order valence-corrected chi connectivity index (χ3v) is 5.31. The highest BCUT2D eigenvalue weighted by Gasteiger charge is 2.31. The number of likely N-dealkylation sites (tertiary alicyclic amines) is 1. The van der Waals surface area contributed by atoms with E-state index in [2.05, 4.69) is 5.32 Å². The zero-order valence-electron chi connectivity index (χ0n) is 17.0. The summed E-state index contributed by atoms with van der Waals surface area (Å²) in [4.78, 5) is 38.2. The Morgan fingerprint density at radius 1 is 1.03 bits per heavy atom. The van der Waals surface area contributed by atoms with Gasteiger partial charge in [-0.3, -0.25) is 9.59 Å². The molecule has 1 aliphatic rings. The molecule has 164 valence electrons. The Labute approximate surface area is 179 Å². The van der Waals surface area contributed by atoms with E-state index < -0.39 is 29.8 Å². The Bertz CT molecular complexity index is 896. The van der Waals surface area contributed by atoms with Crippen molar-refractivity contribution in [2.45, 2.75) is 31.9 Å². The largest absolute Gasteiger partial charge is 0.481 e. The summed E-state index contributed by atoms with van der Waals surface area (Å²) in [5, 5.41) is 11.8. The number of amides is 2. The highest BCUT2D eigenvalue weighted by atomic mass is 19.1. The topological polar surface area (TPSA) is 95.9 Å². The van der Waals surface area contributed by atoms with Crippen LogP contribution in [-0.2, 0) is 27.4 Å². The predicted octanol–water partition coefficient (Wildman–Crippen LogP) is 2.99. The molecule has 1 atom stereocenters. The summed E-state index contributed by atoms with van der Waals surface area (Å²) >= 11 is 0. The van der Waals surface area contributed by atoms with E-state index >= 15 is 0 Å². The molecule has 0 spiro atoms. The van der Waals surface area contributed by atoms with Gasteiger partial charge in [0.15, 0.2) is 0 Å². The third kappa shape index (κ3) is 6.53. The molecule has 8 heteroatoms. The highest BCUT2D eigenvalue weighted by Crippen LogP contribution is 2.19. The van der Waals surface area contributed by atoms with Gasteiger partial charge in [0.05, 0.1) is 5.92 Å². The van der Waals surface area contributed by atoms with Crippen LogP contribution in [0.15, 0.2) is 54.6 Å². The highest BCUT2D eigenvalue weighted by molar-refractivity contribution is 5.86. The van der Waals surface area contributed by atoms with Crippen molar-refractivity contribution in [1.82, 2.24) is 10.2 Å². The number of rotatable bonds is 7. The number of carboxylic acid groups (broad SMARTS) is 1. The number of carbonyl (C=O) groups is 3. The SMILES string of the molecule is O=C(N[C@@H](Cc1ccc(F)cc1)C(=O)N1CCC(C(=O)O)CC1)OCc1ccccc1. The number of carboxylic acids is 1. The number of carbonyl (C=O) groups excluding carboxylic acids is 2. The number of halogens is 1. The van der Waals surface area contributed by atoms with Crippen molar-refractivity contribution >= 4 is 18.0 Å². The van der Waals surface area contributed by atoms with Gasteiger partial charge in [0.25, 0.3) is 0 Å². The zero-order chi connectivity index (χ0) is 22.2. The Morgan fingerprint density at radius 2 is 1.68 bits per heavy atom. The number of aliphatic carboxylic acids is 1. The summed E-state index contributed by atoms with van der Waals surface area (Å²) in [5.41, 5.74) is 1.50. The standard InChI is InChI=1S/C23H25FN2O5/c24-19-8-6-16(7-9-19)14-20(21(27)26-12-10-18(11-13-26)22(28)29)25-23(30)31-15-17-4-2-1-3-5-17/h1-9,18,20H,10-15H2,(H,25,30)(H,28,29)/t20-/m0/s1. The lowest BCUT2D eigenvalue weighted by molar-refractivity contribution is -0.146. The van der Waals surface area contributed by atoms with E-state index in [4.69, 9.17) is 9.84 Å². The van der Waals surface area contributed by atoms with Gasteiger partial charge in [0, 0.05) is 19.5 Å². The summed E-state index contributed by atoms with van der Waals surface area (Å²) in [6.07, 6.45) is 0.161. The van der Waals surface area contributed by atoms with Crippen molar-refractivity contribution < 1.29 is 28.6 Å². The first kappa shape index (κ1) is 22.3. The monoisotopic (exact) mass is 428 g/mol. The molecule has 2 aromatic carbocycles. The average Bonchev–Trinajstić information content (AvgIpc) is 2.79. The number of piperidine rings is 1. The molecule has 0 aliphatic carbocycles. The van der Waals surface area contributed by atoms with Gasteiger partial charge in [-0.05, 0) is 36.1 Å². The van der Waals surface area contributed by atoms with Crippen molar-refractivity contribution in [3.63, 3.8) is 0 Å². The maximum Gasteiger partial charge on any atom is 0.408 e. The van der Waals surface area contributed by atoms with Gasteiger partial charge in [-0.25, -0.2) is 9.18 Å². The van der Waals surface area contributed by atoms with Gasteiger partial charge in [0.2, 0.25) is 5.91 Å². The maximum atomic E-state index is 13.2. The zero-order valence-corrected chi connectivity index (χ0v) is 17.0. The van der Waals surface area contributed by atoms with Crippen molar-refractivity contribution in [1.29, 1.82) is 0 Å². The van der Waals surface area contributed by atoms with Gasteiger partial charge in [0.1, 0.15) is 18.5 Å². The summed E-state index contributed by atoms with van der Waals surface area (Å²) < 4.78 is 18.5. The lowest BCUT2D eigenvalue weighted by atomic mass is 9.96. The van der Waals surface area contributed by atoms with Crippen LogP contribution in [0.5, 0.6) is 0 Å². The quantitative estimate of drug-likeness (QED) is 0.707. The van der Waals surface area contributed by atoms with E-state index in [-0.39, 0.29) is 18.9 Å². The fourth-order valence-electron chi connectivity index (χ4n) is 3.53. The molecule has 2 aromatic rings. The average molecular weight is 428 g/mol. The number of alkyl carbamates (subject to hydrolysis) is 1. The molecule has 0 unspecified atom stereocenters. The van der Waals surface area contributed by atoms with Crippen LogP contribution in [0.25, 0.3) is 0 Å². The van der Waals surface area contributed by atoms with Crippen LogP contribution in [0.3, 0.4) is 0 Å². The Hall–Kier alpha value is -3.42. The summed E-state index contributed by atoms with van der Waals surface area (Å²) in [7, 11) is 0. The molecule has 0 aromatic heterocycles. The van der Waals surface area contributed by atoms with Crippen molar-refractivity contribution in [3.8, 4) is 0 Å². The molecule has 1 aliphatic heterocycles. The molecule has 2 N–H and O–H groups in total. The van der Waals surface area contributed by atoms with E-state index in [1.807, 2.05) is 30.3 Å². The van der Waals surface area contributed by atoms with Crippen LogP contribution >= 0.6 is 0 Å². The van der Waals surface area contributed by atoms with Crippen molar-refractivity contribution in [2.24, 2.45) is 5.92 Å². The molecule has 31 heavy (non-hydrogen) atoms. The summed E-state index contributed by atoms with van der Waals surface area (Å²) in [6.45, 7) is 0.668. The smallest absolute Gasteiger partial charge is 0.408 e. The number of benzene rings is 2. The molecule has 0 saturated carbocycles. The van der Waals surface area contributed by atoms with Crippen LogP contribution in [-0.4, -0.2) is 47.1 Å². The molecular formula is C23H25FN2O5. The minimum atomic E-state index is -0.907. The lowest BCUT2D eigenvalue weighted by Gasteiger charge is -2.33. The number of nitrogens with one attached hydrogen (secondary N) is 1. The number of hydrogen-bond donors (Lipinski definition) is 2. The number of nitrogens with zero attached hydrogens (tertiary/aromatic N) is 1. The summed E-state index contributed by atoms with van der Waals surface area (Å²) in [6, 6.07) is 14.0.